The van der Waals surface area contributed by atoms with Crippen LogP contribution in [-0.4, -0.2) is 38.4 Å². The van der Waals surface area contributed by atoms with E-state index in [9.17, 15) is 13.2 Å². The number of hydrogen-bond acceptors (Lipinski definition) is 4. The molecule has 3 rings (SSSR count). The van der Waals surface area contributed by atoms with Gasteiger partial charge in [-0.2, -0.15) is 0 Å². The summed E-state index contributed by atoms with van der Waals surface area (Å²) in [7, 11) is -3.69. The van der Waals surface area contributed by atoms with E-state index in [1.807, 2.05) is 13.0 Å². The molecule has 0 spiro atoms. The Hall–Kier alpha value is -2.38. The van der Waals surface area contributed by atoms with E-state index in [4.69, 9.17) is 5.73 Å². The van der Waals surface area contributed by atoms with E-state index in [0.29, 0.717) is 29.9 Å². The lowest BCUT2D eigenvalue weighted by molar-refractivity contribution is 0.0715. The number of rotatable bonds is 4. The van der Waals surface area contributed by atoms with Crippen molar-refractivity contribution >= 4 is 21.6 Å². The average molecular weight is 388 g/mol. The molecule has 0 radical (unpaired) electrons. The third-order valence-corrected chi connectivity index (χ3v) is 6.37. The molecule has 6 nitrogen and oxygen atoms in total. The maximum Gasteiger partial charge on any atom is 0.262 e. The summed E-state index contributed by atoms with van der Waals surface area (Å²) in [6.07, 6.45) is 1.61. The molecule has 0 bridgehead atoms. The summed E-state index contributed by atoms with van der Waals surface area (Å²) in [5, 5.41) is 0. The SMILES string of the molecule is Cc1ccc(C)c(S(=O)(=O)Nc2ccc(C(=O)N3CCC(N)CC3)cc2)c1. The average Bonchev–Trinajstić information content (AvgIpc) is 2.64. The number of nitrogens with one attached hydrogen (secondary N) is 1. The summed E-state index contributed by atoms with van der Waals surface area (Å²) < 4.78 is 27.9. The molecule has 1 saturated heterocycles. The second kappa shape index (κ2) is 7.70. The zero-order valence-corrected chi connectivity index (χ0v) is 16.4. The van der Waals surface area contributed by atoms with Gasteiger partial charge in [-0.1, -0.05) is 12.1 Å². The van der Waals surface area contributed by atoms with Gasteiger partial charge in [0.05, 0.1) is 4.90 Å². The minimum atomic E-state index is -3.69. The molecule has 144 valence electrons. The molecule has 1 amide bonds. The van der Waals surface area contributed by atoms with Crippen molar-refractivity contribution in [3.05, 3.63) is 59.2 Å². The smallest absolute Gasteiger partial charge is 0.262 e. The Kier molecular flexibility index (Phi) is 5.53. The molecule has 3 N–H and O–H groups in total. The van der Waals surface area contributed by atoms with E-state index in [2.05, 4.69) is 4.72 Å². The van der Waals surface area contributed by atoms with E-state index in [0.717, 1.165) is 18.4 Å². The summed E-state index contributed by atoms with van der Waals surface area (Å²) in [5.41, 5.74) is 8.41. The fourth-order valence-electron chi connectivity index (χ4n) is 3.17. The number of benzene rings is 2. The van der Waals surface area contributed by atoms with E-state index >= 15 is 0 Å². The first-order valence-corrected chi connectivity index (χ1v) is 10.5. The molecule has 0 aliphatic carbocycles. The largest absolute Gasteiger partial charge is 0.339 e. The topological polar surface area (TPSA) is 92.5 Å². The van der Waals surface area contributed by atoms with Gasteiger partial charge in [-0.3, -0.25) is 9.52 Å². The number of sulfonamides is 1. The van der Waals surface area contributed by atoms with Crippen LogP contribution in [0.5, 0.6) is 0 Å². The predicted molar refractivity (Wildman–Crippen MR) is 106 cm³/mol. The molecule has 2 aromatic rings. The molecular formula is C20H25N3O3S. The van der Waals surface area contributed by atoms with Crippen molar-refractivity contribution in [2.24, 2.45) is 5.73 Å². The minimum absolute atomic E-state index is 0.0502. The van der Waals surface area contributed by atoms with E-state index < -0.39 is 10.0 Å². The minimum Gasteiger partial charge on any atom is -0.339 e. The first-order chi connectivity index (χ1) is 12.8. The number of nitrogens with zero attached hydrogens (tertiary/aromatic N) is 1. The standard InChI is InChI=1S/C20H25N3O3S/c1-14-3-4-15(2)19(13-14)27(25,26)22-18-7-5-16(6-8-18)20(24)23-11-9-17(21)10-12-23/h3-8,13,17,22H,9-12,21H2,1-2H3. The highest BCUT2D eigenvalue weighted by molar-refractivity contribution is 7.92. The number of piperidine rings is 1. The molecule has 0 aromatic heterocycles. The fraction of sp³-hybridized carbons (Fsp3) is 0.350. The molecule has 2 aromatic carbocycles. The van der Waals surface area contributed by atoms with Gasteiger partial charge < -0.3 is 10.6 Å². The Morgan fingerprint density at radius 3 is 2.33 bits per heavy atom. The first-order valence-electron chi connectivity index (χ1n) is 9.01. The van der Waals surface area contributed by atoms with Gasteiger partial charge in [-0.05, 0) is 68.1 Å². The second-order valence-corrected chi connectivity index (χ2v) is 8.73. The predicted octanol–water partition coefficient (Wildman–Crippen LogP) is 2.67. The lowest BCUT2D eigenvalue weighted by atomic mass is 10.0. The molecular weight excluding hydrogens is 362 g/mol. The summed E-state index contributed by atoms with van der Waals surface area (Å²) in [6.45, 7) is 4.93. The van der Waals surface area contributed by atoms with Gasteiger partial charge in [0, 0.05) is 30.4 Å². The van der Waals surface area contributed by atoms with Crippen LogP contribution in [0.3, 0.4) is 0 Å². The molecule has 0 unspecified atom stereocenters. The van der Waals surface area contributed by atoms with E-state index in [1.54, 1.807) is 48.2 Å². The van der Waals surface area contributed by atoms with Crippen LogP contribution in [0, 0.1) is 13.8 Å². The molecule has 1 fully saturated rings. The highest BCUT2D eigenvalue weighted by atomic mass is 32.2. The molecule has 27 heavy (non-hydrogen) atoms. The van der Waals surface area contributed by atoms with Crippen LogP contribution < -0.4 is 10.5 Å². The molecule has 0 saturated carbocycles. The zero-order valence-electron chi connectivity index (χ0n) is 15.6. The highest BCUT2D eigenvalue weighted by Gasteiger charge is 2.22. The third-order valence-electron chi connectivity index (χ3n) is 4.84. The lowest BCUT2D eigenvalue weighted by Gasteiger charge is -2.30. The van der Waals surface area contributed by atoms with Crippen LogP contribution in [0.2, 0.25) is 0 Å². The zero-order chi connectivity index (χ0) is 19.6. The maximum atomic E-state index is 12.7. The first kappa shape index (κ1) is 19.4. The van der Waals surface area contributed by atoms with Gasteiger partial charge in [0.25, 0.3) is 15.9 Å². The Labute approximate surface area is 160 Å². The number of carbonyl (C=O) groups is 1. The quantitative estimate of drug-likeness (QED) is 0.844. The van der Waals surface area contributed by atoms with Crippen LogP contribution in [0.1, 0.15) is 34.3 Å². The molecule has 1 heterocycles. The number of hydrogen-bond donors (Lipinski definition) is 2. The van der Waals surface area contributed by atoms with Crippen LogP contribution in [0.15, 0.2) is 47.4 Å². The van der Waals surface area contributed by atoms with Gasteiger partial charge in [-0.15, -0.1) is 0 Å². The number of likely N-dealkylation sites (tertiary alicyclic amines) is 1. The Morgan fingerprint density at radius 1 is 1.07 bits per heavy atom. The molecule has 1 aliphatic heterocycles. The number of carbonyl (C=O) groups excluding carboxylic acids is 1. The Bertz CT molecular complexity index is 931. The summed E-state index contributed by atoms with van der Waals surface area (Å²) >= 11 is 0. The van der Waals surface area contributed by atoms with Crippen LogP contribution in [0.4, 0.5) is 5.69 Å². The molecule has 7 heteroatoms. The third kappa shape index (κ3) is 4.48. The summed E-state index contributed by atoms with van der Waals surface area (Å²) in [6, 6.07) is 12.0. The Balaban J connectivity index is 1.74. The van der Waals surface area contributed by atoms with Gasteiger partial charge in [0.2, 0.25) is 0 Å². The van der Waals surface area contributed by atoms with Crippen molar-refractivity contribution in [3.8, 4) is 0 Å². The van der Waals surface area contributed by atoms with E-state index in [-0.39, 0.29) is 16.8 Å². The summed E-state index contributed by atoms with van der Waals surface area (Å²) in [5.74, 6) is -0.0502. The second-order valence-electron chi connectivity index (χ2n) is 7.08. The number of amides is 1. The van der Waals surface area contributed by atoms with Crippen molar-refractivity contribution in [2.45, 2.75) is 37.6 Å². The lowest BCUT2D eigenvalue weighted by Crippen LogP contribution is -2.42. The van der Waals surface area contributed by atoms with Gasteiger partial charge in [0.1, 0.15) is 0 Å². The molecule has 0 atom stereocenters. The number of aryl methyl sites for hydroxylation is 2. The van der Waals surface area contributed by atoms with Crippen molar-refractivity contribution in [3.63, 3.8) is 0 Å². The monoisotopic (exact) mass is 387 g/mol. The number of nitrogens with two attached hydrogens (primary N) is 1. The van der Waals surface area contributed by atoms with Gasteiger partial charge in [0.15, 0.2) is 0 Å². The highest BCUT2D eigenvalue weighted by Crippen LogP contribution is 2.21. The fourth-order valence-corrected chi connectivity index (χ4v) is 4.56. The van der Waals surface area contributed by atoms with E-state index in [1.165, 1.54) is 0 Å². The van der Waals surface area contributed by atoms with Crippen molar-refractivity contribution < 1.29 is 13.2 Å². The van der Waals surface area contributed by atoms with Crippen LogP contribution >= 0.6 is 0 Å². The number of anilines is 1. The van der Waals surface area contributed by atoms with Crippen molar-refractivity contribution in [2.75, 3.05) is 17.8 Å². The summed E-state index contributed by atoms with van der Waals surface area (Å²) in [4.78, 5) is 14.6. The van der Waals surface area contributed by atoms with Crippen molar-refractivity contribution in [1.82, 2.24) is 4.90 Å². The van der Waals surface area contributed by atoms with Crippen molar-refractivity contribution in [1.29, 1.82) is 0 Å². The normalized spacial score (nSPS) is 15.6. The maximum absolute atomic E-state index is 12.7. The van der Waals surface area contributed by atoms with Crippen LogP contribution in [-0.2, 0) is 10.0 Å². The van der Waals surface area contributed by atoms with Gasteiger partial charge >= 0.3 is 0 Å². The molecule has 1 aliphatic rings. The van der Waals surface area contributed by atoms with Crippen LogP contribution in [0.25, 0.3) is 0 Å². The van der Waals surface area contributed by atoms with Gasteiger partial charge in [-0.25, -0.2) is 8.42 Å². The Morgan fingerprint density at radius 2 is 1.70 bits per heavy atom.